The predicted molar refractivity (Wildman–Crippen MR) is 292 cm³/mol. The molecule has 1 saturated heterocycles. The highest BCUT2D eigenvalue weighted by Crippen LogP contribution is 2.65. The van der Waals surface area contributed by atoms with E-state index in [1.807, 2.05) is 48.5 Å². The van der Waals surface area contributed by atoms with Crippen molar-refractivity contribution >= 4 is 58.8 Å². The van der Waals surface area contributed by atoms with Crippen LogP contribution < -0.4 is 5.32 Å². The average molecular weight is 1140 g/mol. The van der Waals surface area contributed by atoms with Gasteiger partial charge in [-0.2, -0.15) is 0 Å². The fraction of sp³-hybridized carbons (Fsp3) is 0.365. The first-order valence-electron chi connectivity index (χ1n) is 26.8. The molecule has 2 N–H and O–H groups in total. The van der Waals surface area contributed by atoms with Gasteiger partial charge in [-0.15, -0.1) is 0 Å². The van der Waals surface area contributed by atoms with Crippen molar-refractivity contribution in [2.75, 3.05) is 13.2 Å². The summed E-state index contributed by atoms with van der Waals surface area (Å²) in [6, 6.07) is 37.9. The third kappa shape index (κ3) is 9.99. The molecule has 2 bridgehead atoms. The molecule has 19 heteroatoms. The number of benzene rings is 5. The molecule has 18 nitrogen and oxygen atoms in total. The highest BCUT2D eigenvalue weighted by Gasteiger charge is 2.79. The zero-order chi connectivity index (χ0) is 58.5. The van der Waals surface area contributed by atoms with E-state index in [0.29, 0.717) is 0 Å². The van der Waals surface area contributed by atoms with Crippen LogP contribution in [0.25, 0.3) is 11.1 Å². The Morgan fingerprint density at radius 2 is 1.30 bits per heavy atom. The van der Waals surface area contributed by atoms with E-state index in [-0.39, 0.29) is 40.9 Å². The Kier molecular flexibility index (Phi) is 15.5. The lowest BCUT2D eigenvalue weighted by molar-refractivity contribution is -0.345. The summed E-state index contributed by atoms with van der Waals surface area (Å²) in [4.78, 5) is 115. The summed E-state index contributed by atoms with van der Waals surface area (Å²) in [5.74, 6) is -7.87. The number of carbonyl (C=O) groups is 8. The van der Waals surface area contributed by atoms with Gasteiger partial charge in [-0.1, -0.05) is 129 Å². The van der Waals surface area contributed by atoms with Crippen molar-refractivity contribution in [3.8, 4) is 11.1 Å². The Morgan fingerprint density at radius 1 is 0.732 bits per heavy atom. The van der Waals surface area contributed by atoms with E-state index in [9.17, 15) is 33.9 Å². The first kappa shape index (κ1) is 57.1. The Hall–Kier alpha value is -8.19. The molecule has 0 spiro atoms. The number of aliphatic hydroxyl groups is 1. The van der Waals surface area contributed by atoms with Gasteiger partial charge in [0.2, 0.25) is 6.10 Å². The van der Waals surface area contributed by atoms with Gasteiger partial charge in [0.25, 0.3) is 5.91 Å². The third-order valence-electron chi connectivity index (χ3n) is 17.2. The van der Waals surface area contributed by atoms with E-state index in [0.717, 1.165) is 36.1 Å². The van der Waals surface area contributed by atoms with Crippen LogP contribution in [0, 0.1) is 16.7 Å². The number of amides is 1. The predicted octanol–water partition coefficient (Wildman–Crippen LogP) is 9.09. The Morgan fingerprint density at radius 3 is 1.87 bits per heavy atom. The number of esters is 4. The zero-order valence-electron chi connectivity index (χ0n) is 45.7. The lowest BCUT2D eigenvalue weighted by Gasteiger charge is -2.67. The Bertz CT molecular complexity index is 3340. The van der Waals surface area contributed by atoms with Crippen LogP contribution in [0.3, 0.4) is 0 Å². The molecule has 11 atom stereocenters. The molecule has 1 aliphatic heterocycles. The molecular weight excluding hydrogens is 1080 g/mol. The van der Waals surface area contributed by atoms with Gasteiger partial charge in [0, 0.05) is 55.2 Å². The smallest absolute Gasteiger partial charge is 0.455 e. The van der Waals surface area contributed by atoms with Crippen molar-refractivity contribution in [1.29, 1.82) is 0 Å². The van der Waals surface area contributed by atoms with Crippen molar-refractivity contribution in [3.05, 3.63) is 178 Å². The van der Waals surface area contributed by atoms with Crippen LogP contribution in [0.1, 0.15) is 104 Å². The van der Waals surface area contributed by atoms with E-state index in [4.69, 9.17) is 49.5 Å². The van der Waals surface area contributed by atoms with Gasteiger partial charge in [-0.25, -0.2) is 19.2 Å². The van der Waals surface area contributed by atoms with E-state index in [1.54, 1.807) is 78.9 Å². The van der Waals surface area contributed by atoms with Gasteiger partial charge >= 0.3 is 35.5 Å². The number of Topliss-reactive ketones (excluding diaryl/α,β-unsaturated/α-hetero) is 1. The number of hydrogen-bond donors (Lipinski definition) is 2. The maximum atomic E-state index is 16.2. The molecule has 5 aromatic carbocycles. The van der Waals surface area contributed by atoms with Gasteiger partial charge in [-0.3, -0.25) is 19.2 Å². The third-order valence-corrected chi connectivity index (χ3v) is 17.3. The second-order valence-corrected chi connectivity index (χ2v) is 22.4. The second kappa shape index (κ2) is 22.3. The van der Waals surface area contributed by atoms with Gasteiger partial charge in [0.1, 0.15) is 42.7 Å². The largest absolute Gasteiger partial charge is 0.509 e. The van der Waals surface area contributed by atoms with Crippen LogP contribution in [0.15, 0.2) is 151 Å². The summed E-state index contributed by atoms with van der Waals surface area (Å²) in [6.45, 7) is 7.45. The van der Waals surface area contributed by atoms with Crippen molar-refractivity contribution in [2.24, 2.45) is 16.7 Å². The second-order valence-electron chi connectivity index (χ2n) is 22.1. The topological polar surface area (TPSA) is 243 Å². The van der Waals surface area contributed by atoms with Crippen molar-refractivity contribution in [2.45, 2.75) is 114 Å². The molecule has 5 aliphatic rings. The molecule has 5 aromatic rings. The van der Waals surface area contributed by atoms with Crippen LogP contribution in [0.4, 0.5) is 9.59 Å². The number of halogens is 1. The zero-order valence-corrected chi connectivity index (χ0v) is 46.4. The van der Waals surface area contributed by atoms with Crippen LogP contribution in [0.2, 0.25) is 0 Å². The van der Waals surface area contributed by atoms with Crippen molar-refractivity contribution in [1.82, 2.24) is 5.32 Å². The first-order valence-corrected chi connectivity index (χ1v) is 27.2. The van der Waals surface area contributed by atoms with E-state index in [1.165, 1.54) is 39.8 Å². The monoisotopic (exact) mass is 1140 g/mol. The number of carbonyl (C=O) groups excluding carboxylic acids is 8. The number of ether oxygens (including phenoxy) is 8. The molecular formula is C63H60ClNO17. The summed E-state index contributed by atoms with van der Waals surface area (Å²) in [5.41, 5.74) is -5.70. The molecule has 1 amide bonds. The summed E-state index contributed by atoms with van der Waals surface area (Å²) >= 11 is 5.95. The van der Waals surface area contributed by atoms with Crippen LogP contribution in [0.5, 0.6) is 0 Å². The van der Waals surface area contributed by atoms with Gasteiger partial charge in [-0.05, 0) is 77.1 Å². The lowest BCUT2D eigenvalue weighted by atomic mass is 9.44. The Balaban J connectivity index is 1.11. The minimum Gasteiger partial charge on any atom is -0.455 e. The highest BCUT2D eigenvalue weighted by molar-refractivity contribution is 6.61. The highest BCUT2D eigenvalue weighted by atomic mass is 35.5. The van der Waals surface area contributed by atoms with Gasteiger partial charge < -0.3 is 48.3 Å². The van der Waals surface area contributed by atoms with E-state index < -0.39 is 137 Å². The molecule has 7 unspecified atom stereocenters. The minimum atomic E-state index is -2.56. The number of nitrogens with one attached hydrogen (secondary N) is 1. The van der Waals surface area contributed by atoms with Crippen LogP contribution in [-0.4, -0.2) is 113 Å². The molecule has 4 aliphatic carbocycles. The molecule has 3 fully saturated rings. The minimum absolute atomic E-state index is 0.00254. The number of hydrogen-bond acceptors (Lipinski definition) is 17. The quantitative estimate of drug-likeness (QED) is 0.0456. The maximum Gasteiger partial charge on any atom is 0.509 e. The lowest BCUT2D eigenvalue weighted by Crippen LogP contribution is -2.82. The summed E-state index contributed by atoms with van der Waals surface area (Å²) in [6.07, 6.45) is -12.7. The molecule has 82 heavy (non-hydrogen) atoms. The van der Waals surface area contributed by atoms with Crippen LogP contribution in [-0.2, 0) is 57.1 Å². The van der Waals surface area contributed by atoms with Gasteiger partial charge in [0.15, 0.2) is 17.5 Å². The van der Waals surface area contributed by atoms with Gasteiger partial charge in [0.05, 0.1) is 23.5 Å². The molecule has 426 valence electrons. The van der Waals surface area contributed by atoms with E-state index >= 15 is 9.59 Å². The summed E-state index contributed by atoms with van der Waals surface area (Å²) < 4.78 is 49.0. The molecule has 2 saturated carbocycles. The first-order chi connectivity index (χ1) is 39.1. The molecule has 10 rings (SSSR count). The standard InChI is InChI=1S/C63H60ClNO17/c1-34-45(78-57(71)51(49(37-20-10-7-11-21-37)65-55(69)38-22-12-8-13-23-38)80-59(73)75-32-44-42-28-18-16-26-40(42)41-27-17-19-29-43(41)44)31-63(74)54(81-56(70)39-24-14-9-15-25-39)52-61(6,53(68)50(77-35(2)66)48(34)60(63,4)5)46(79-58(64)72)30-47-62(52,33-76-47)82-36(3)67/h7-29,44-47,49-52,54,74H,30-33H2,1-6H3,(H,65,69)/t45?,46-,47?,49?,50+,51?,52?,54?,61+,62?,63+/m0/s1. The number of rotatable bonds is 14. The summed E-state index contributed by atoms with van der Waals surface area (Å²) in [7, 11) is 0. The maximum absolute atomic E-state index is 16.2. The van der Waals surface area contributed by atoms with E-state index in [2.05, 4.69) is 5.32 Å². The number of ketones is 1. The molecule has 0 radical (unpaired) electrons. The average Bonchev–Trinajstić information content (AvgIpc) is 3.24. The number of fused-ring (bicyclic) bond motifs is 8. The van der Waals surface area contributed by atoms with Crippen LogP contribution >= 0.6 is 11.6 Å². The molecule has 0 aromatic heterocycles. The summed E-state index contributed by atoms with van der Waals surface area (Å²) in [5, 5.41) is 17.1. The fourth-order valence-corrected chi connectivity index (χ4v) is 13.4. The SMILES string of the molecule is CC(=O)O[C@H]1C(=O)[C@@]2(C)C(C(OC(=O)c3ccccc3)[C@]3(O)CC(OC(=O)C(OC(=O)OCC4c5ccccc5-c5ccccc54)C(NC(=O)c4ccccc4)c4ccccc4)C(C)=C1C3(C)C)C1(OC(C)=O)COC1C[C@@H]2OC(=O)Cl. The van der Waals surface area contributed by atoms with Crippen molar-refractivity contribution < 1.29 is 81.4 Å². The van der Waals surface area contributed by atoms with Crippen molar-refractivity contribution in [3.63, 3.8) is 0 Å². The normalized spacial score (nSPS) is 27.3. The Labute approximate surface area is 477 Å². The fourth-order valence-electron chi connectivity index (χ4n) is 13.3. The molecule has 1 heterocycles.